The van der Waals surface area contributed by atoms with Crippen molar-refractivity contribution in [3.05, 3.63) is 77.5 Å². The van der Waals surface area contributed by atoms with Crippen molar-refractivity contribution in [1.29, 1.82) is 0 Å². The lowest BCUT2D eigenvalue weighted by molar-refractivity contribution is -0.136. The first-order valence-corrected chi connectivity index (χ1v) is 22.5. The van der Waals surface area contributed by atoms with Crippen molar-refractivity contribution in [1.82, 2.24) is 45.4 Å². The van der Waals surface area contributed by atoms with Crippen LogP contribution in [0.5, 0.6) is 0 Å². The molecule has 3 aliphatic rings. The van der Waals surface area contributed by atoms with Gasteiger partial charge in [0.1, 0.15) is 29.6 Å². The molecule has 4 amide bonds. The van der Waals surface area contributed by atoms with E-state index in [0.29, 0.717) is 13.1 Å². The molecule has 2 aromatic carbocycles. The number of ether oxygens (including phenoxy) is 2. The number of methoxy groups -OCH3 is 2. The number of amides is 4. The summed E-state index contributed by atoms with van der Waals surface area (Å²) < 4.78 is 9.65. The highest BCUT2D eigenvalue weighted by Gasteiger charge is 2.40. The third kappa shape index (κ3) is 8.63. The number of carbonyl (C=O) groups excluding carboxylic acids is 4. The molecule has 5 aromatic rings. The fourth-order valence-corrected chi connectivity index (χ4v) is 9.83. The normalized spacial score (nSPS) is 20.9. The Morgan fingerprint density at radius 1 is 0.672 bits per heavy atom. The van der Waals surface area contributed by atoms with Crippen LogP contribution in [0.15, 0.2) is 54.7 Å². The van der Waals surface area contributed by atoms with Gasteiger partial charge in [-0.1, -0.05) is 39.8 Å². The quantitative estimate of drug-likeness (QED) is 0.100. The number of nitrogens with zero attached hydrogens (tertiary/aromatic N) is 7. The molecule has 3 aromatic heterocycles. The number of imidazole rings is 2. The van der Waals surface area contributed by atoms with Gasteiger partial charge in [0.25, 0.3) is 0 Å². The van der Waals surface area contributed by atoms with E-state index in [9.17, 15) is 19.2 Å². The van der Waals surface area contributed by atoms with E-state index >= 15 is 0 Å². The van der Waals surface area contributed by atoms with Crippen LogP contribution in [0.3, 0.4) is 0 Å². The Hall–Kier alpha value is -6.39. The molecule has 3 fully saturated rings. The van der Waals surface area contributed by atoms with Crippen LogP contribution in [0.2, 0.25) is 0 Å². The van der Waals surface area contributed by atoms with E-state index < -0.39 is 24.3 Å². The summed E-state index contributed by atoms with van der Waals surface area (Å²) in [6.45, 7) is 8.81. The van der Waals surface area contributed by atoms with Gasteiger partial charge in [-0.05, 0) is 97.9 Å². The Balaban J connectivity index is 1.08. The summed E-state index contributed by atoms with van der Waals surface area (Å²) in [5.74, 6) is 1.80. The standard InChI is InChI=1S/C47H61N11O6/c1-26(2)40(53-46(61)63-7)44(59)56-21-9-11-37(56)42-49-31-16-13-28(23-33(31)51-42)35-18-19-36(58(35)30-15-20-39(48-25-30)55(5)6)29-14-17-32-34(24-29)52-43(50-32)38-12-10-22-57(38)45(60)41(27(3)4)54-47(62)64-8/h13-17,20,23-27,35-38,40-41H,9-12,18-19,21-22H2,1-8H3,(H,49,51)(H,50,52)(H,53,61)(H,54,62)/t35-,36-,37+,38+,40+,41+/m1/s1. The van der Waals surface area contributed by atoms with Gasteiger partial charge >= 0.3 is 12.2 Å². The van der Waals surface area contributed by atoms with Crippen molar-refractivity contribution < 1.29 is 28.7 Å². The SMILES string of the molecule is COC(=O)N[C@H](C(=O)N1CCC[C@H]1c1nc2ccc([C@H]3CC[C@H](c4ccc5nc([C@@H]6CCCN6C(=O)[C@@H](NC(=O)OC)C(C)C)[nH]c5c4)N3c3ccc(N(C)C)nc3)cc2[nH]1)C(C)C. The van der Waals surface area contributed by atoms with Crippen LogP contribution in [0.4, 0.5) is 21.1 Å². The fraction of sp³-hybridized carbons (Fsp3) is 0.511. The maximum atomic E-state index is 13.9. The van der Waals surface area contributed by atoms with Crippen LogP contribution >= 0.6 is 0 Å². The Morgan fingerprint density at radius 2 is 1.14 bits per heavy atom. The molecule has 6 heterocycles. The maximum absolute atomic E-state index is 13.9. The molecule has 4 N–H and O–H groups in total. The van der Waals surface area contributed by atoms with E-state index in [4.69, 9.17) is 24.4 Å². The Morgan fingerprint density at radius 3 is 1.53 bits per heavy atom. The van der Waals surface area contributed by atoms with Crippen molar-refractivity contribution in [3.8, 4) is 0 Å². The van der Waals surface area contributed by atoms with Crippen molar-refractivity contribution in [2.24, 2.45) is 11.8 Å². The predicted octanol–water partition coefficient (Wildman–Crippen LogP) is 7.07. The van der Waals surface area contributed by atoms with Crippen LogP contribution in [-0.2, 0) is 19.1 Å². The van der Waals surface area contributed by atoms with Gasteiger partial charge in [0.05, 0.1) is 72.3 Å². The van der Waals surface area contributed by atoms with Gasteiger partial charge < -0.3 is 49.7 Å². The number of likely N-dealkylation sites (tertiary alicyclic amines) is 2. The fourth-order valence-electron chi connectivity index (χ4n) is 9.83. The van der Waals surface area contributed by atoms with E-state index in [2.05, 4.69) is 74.0 Å². The lowest BCUT2D eigenvalue weighted by atomic mass is 10.0. The molecule has 17 nitrogen and oxygen atoms in total. The smallest absolute Gasteiger partial charge is 0.407 e. The Kier molecular flexibility index (Phi) is 12.7. The number of hydrogen-bond donors (Lipinski definition) is 4. The monoisotopic (exact) mass is 875 g/mol. The van der Waals surface area contributed by atoms with E-state index in [1.807, 2.05) is 62.7 Å². The van der Waals surface area contributed by atoms with Crippen molar-refractivity contribution in [2.75, 3.05) is 51.2 Å². The van der Waals surface area contributed by atoms with Crippen LogP contribution in [0.1, 0.15) is 113 Å². The maximum Gasteiger partial charge on any atom is 0.407 e. The molecule has 0 radical (unpaired) electrons. The molecule has 3 saturated heterocycles. The molecule has 6 atom stereocenters. The van der Waals surface area contributed by atoms with E-state index in [1.54, 1.807) is 0 Å². The Bertz CT molecular complexity index is 2350. The van der Waals surface area contributed by atoms with E-state index in [-0.39, 0.29) is 47.8 Å². The molecular weight excluding hydrogens is 815 g/mol. The molecule has 340 valence electrons. The third-order valence-electron chi connectivity index (χ3n) is 13.2. The summed E-state index contributed by atoms with van der Waals surface area (Å²) >= 11 is 0. The lowest BCUT2D eigenvalue weighted by Gasteiger charge is -2.33. The molecule has 3 aliphatic heterocycles. The second-order valence-corrected chi connectivity index (χ2v) is 18.2. The number of fused-ring (bicyclic) bond motifs is 2. The van der Waals surface area contributed by atoms with Crippen molar-refractivity contribution >= 4 is 57.6 Å². The number of anilines is 2. The van der Waals surface area contributed by atoms with Crippen LogP contribution in [-0.4, -0.2) is 112 Å². The zero-order valence-electron chi connectivity index (χ0n) is 38.1. The number of benzene rings is 2. The molecule has 0 saturated carbocycles. The van der Waals surface area contributed by atoms with Gasteiger partial charge in [-0.3, -0.25) is 9.59 Å². The van der Waals surface area contributed by atoms with Crippen LogP contribution < -0.4 is 20.4 Å². The van der Waals surface area contributed by atoms with Gasteiger partial charge in [0.15, 0.2) is 0 Å². The summed E-state index contributed by atoms with van der Waals surface area (Å²) in [5.41, 5.74) is 6.74. The number of aromatic amines is 2. The first-order valence-electron chi connectivity index (χ1n) is 22.5. The van der Waals surface area contributed by atoms with Gasteiger partial charge in [-0.15, -0.1) is 0 Å². The molecule has 0 spiro atoms. The summed E-state index contributed by atoms with van der Waals surface area (Å²) in [5, 5.41) is 5.47. The number of nitrogens with one attached hydrogen (secondary N) is 4. The van der Waals surface area contributed by atoms with E-state index in [1.165, 1.54) is 14.2 Å². The predicted molar refractivity (Wildman–Crippen MR) is 244 cm³/mol. The van der Waals surface area contributed by atoms with Gasteiger partial charge in [-0.25, -0.2) is 24.5 Å². The highest BCUT2D eigenvalue weighted by atomic mass is 16.5. The topological polar surface area (TPSA) is 194 Å². The van der Waals surface area contributed by atoms with Gasteiger partial charge in [-0.2, -0.15) is 0 Å². The number of hydrogen-bond acceptors (Lipinski definition) is 11. The first-order chi connectivity index (χ1) is 30.8. The molecule has 0 aliphatic carbocycles. The minimum atomic E-state index is -0.711. The van der Waals surface area contributed by atoms with Gasteiger partial charge in [0, 0.05) is 27.2 Å². The highest BCUT2D eigenvalue weighted by molar-refractivity contribution is 5.87. The molecule has 8 rings (SSSR count). The van der Waals surface area contributed by atoms with Crippen LogP contribution in [0.25, 0.3) is 22.1 Å². The lowest BCUT2D eigenvalue weighted by Crippen LogP contribution is -2.51. The van der Waals surface area contributed by atoms with Crippen molar-refractivity contribution in [2.45, 2.75) is 102 Å². The van der Waals surface area contributed by atoms with Gasteiger partial charge in [0.2, 0.25) is 11.8 Å². The van der Waals surface area contributed by atoms with Crippen molar-refractivity contribution in [3.63, 3.8) is 0 Å². The first kappa shape index (κ1) is 44.2. The summed E-state index contributed by atoms with van der Waals surface area (Å²) in [7, 11) is 6.56. The second-order valence-electron chi connectivity index (χ2n) is 18.2. The second kappa shape index (κ2) is 18.4. The zero-order valence-corrected chi connectivity index (χ0v) is 38.1. The number of carbonyl (C=O) groups is 4. The minimum absolute atomic E-state index is 0.0208. The number of aromatic nitrogens is 5. The average Bonchev–Trinajstić information content (AvgIpc) is 4.14. The molecule has 17 heteroatoms. The number of alkyl carbamates (subject to hydrolysis) is 2. The van der Waals surface area contributed by atoms with E-state index in [0.717, 1.165) is 94.9 Å². The molecule has 0 unspecified atom stereocenters. The summed E-state index contributed by atoms with van der Waals surface area (Å²) in [6, 6.07) is 15.1. The third-order valence-corrected chi connectivity index (χ3v) is 13.2. The minimum Gasteiger partial charge on any atom is -0.453 e. The summed E-state index contributed by atoms with van der Waals surface area (Å²) in [4.78, 5) is 82.2. The number of rotatable bonds is 12. The Labute approximate surface area is 373 Å². The highest BCUT2D eigenvalue weighted by Crippen LogP contribution is 2.48. The average molecular weight is 876 g/mol. The number of H-pyrrole nitrogens is 2. The molecule has 64 heavy (non-hydrogen) atoms. The number of pyridine rings is 1. The summed E-state index contributed by atoms with van der Waals surface area (Å²) in [6.07, 6.45) is 5.68. The zero-order chi connectivity index (χ0) is 45.4. The molecule has 0 bridgehead atoms. The largest absolute Gasteiger partial charge is 0.453 e. The van der Waals surface area contributed by atoms with Crippen LogP contribution in [0, 0.1) is 11.8 Å². The molecular formula is C47H61N11O6.